The van der Waals surface area contributed by atoms with E-state index in [1.807, 2.05) is 0 Å². The zero-order chi connectivity index (χ0) is 21.6. The number of ether oxygens (including phenoxy) is 1. The second-order valence-corrected chi connectivity index (χ2v) is 6.21. The van der Waals surface area contributed by atoms with Crippen molar-refractivity contribution in [3.8, 4) is 0 Å². The van der Waals surface area contributed by atoms with E-state index in [0.29, 0.717) is 5.69 Å². The van der Waals surface area contributed by atoms with Crippen molar-refractivity contribution in [2.75, 3.05) is 16.0 Å². The van der Waals surface area contributed by atoms with Gasteiger partial charge in [0.2, 0.25) is 11.8 Å². The minimum absolute atomic E-state index is 0.0291. The lowest BCUT2D eigenvalue weighted by molar-refractivity contribution is -0.123. The molecule has 29 heavy (non-hydrogen) atoms. The van der Waals surface area contributed by atoms with Crippen LogP contribution in [0.25, 0.3) is 0 Å². The van der Waals surface area contributed by atoms with E-state index in [-0.39, 0.29) is 28.8 Å². The Hall–Kier alpha value is -3.75. The summed E-state index contributed by atoms with van der Waals surface area (Å²) < 4.78 is 18.1. The average Bonchev–Trinajstić information content (AvgIpc) is 2.62. The van der Waals surface area contributed by atoms with Crippen molar-refractivity contribution in [1.29, 1.82) is 0 Å². The van der Waals surface area contributed by atoms with Gasteiger partial charge in [0, 0.05) is 30.9 Å². The van der Waals surface area contributed by atoms with Crippen LogP contribution in [0.15, 0.2) is 42.5 Å². The van der Waals surface area contributed by atoms with Crippen LogP contribution < -0.4 is 16.0 Å². The Bertz CT molecular complexity index is 909. The fourth-order valence-corrected chi connectivity index (χ4v) is 2.36. The third kappa shape index (κ3) is 6.73. The van der Waals surface area contributed by atoms with E-state index >= 15 is 0 Å². The Morgan fingerprint density at radius 3 is 1.83 bits per heavy atom. The van der Waals surface area contributed by atoms with Gasteiger partial charge < -0.3 is 20.7 Å². The van der Waals surface area contributed by atoms with Crippen LogP contribution in [0.4, 0.5) is 21.5 Å². The van der Waals surface area contributed by atoms with Crippen molar-refractivity contribution >= 4 is 40.8 Å². The standard InChI is InChI=1S/C20H20FN3O5/c1-11(19(27)24-16-6-4-15(21)5-7-16)29-20(28)14-8-17(22-12(2)25)10-18(9-14)23-13(3)26/h4-11H,1-3H3,(H,22,25)(H,23,26)(H,24,27). The summed E-state index contributed by atoms with van der Waals surface area (Å²) in [6, 6.07) is 9.31. The third-order valence-electron chi connectivity index (χ3n) is 3.57. The van der Waals surface area contributed by atoms with E-state index in [9.17, 15) is 23.6 Å². The molecule has 152 valence electrons. The van der Waals surface area contributed by atoms with Crippen molar-refractivity contribution in [3.63, 3.8) is 0 Å². The molecule has 0 radical (unpaired) electrons. The van der Waals surface area contributed by atoms with Crippen LogP contribution in [0, 0.1) is 5.82 Å². The Morgan fingerprint density at radius 2 is 1.34 bits per heavy atom. The molecule has 0 aliphatic rings. The summed E-state index contributed by atoms with van der Waals surface area (Å²) in [7, 11) is 0. The molecule has 0 heterocycles. The molecule has 0 spiro atoms. The van der Waals surface area contributed by atoms with Gasteiger partial charge in [0.15, 0.2) is 6.10 Å². The Kier molecular flexibility index (Phi) is 7.02. The Morgan fingerprint density at radius 1 is 0.828 bits per heavy atom. The van der Waals surface area contributed by atoms with Gasteiger partial charge in [-0.3, -0.25) is 14.4 Å². The normalized spacial score (nSPS) is 11.2. The molecular weight excluding hydrogens is 381 g/mol. The number of carbonyl (C=O) groups is 4. The van der Waals surface area contributed by atoms with Gasteiger partial charge in [0.05, 0.1) is 5.56 Å². The Balaban J connectivity index is 2.12. The van der Waals surface area contributed by atoms with Crippen molar-refractivity contribution in [2.24, 2.45) is 0 Å². The first-order valence-corrected chi connectivity index (χ1v) is 8.61. The van der Waals surface area contributed by atoms with E-state index < -0.39 is 23.8 Å². The molecule has 3 N–H and O–H groups in total. The number of amides is 3. The van der Waals surface area contributed by atoms with Crippen molar-refractivity contribution < 1.29 is 28.3 Å². The number of halogens is 1. The first-order chi connectivity index (χ1) is 13.6. The van der Waals surface area contributed by atoms with Gasteiger partial charge in [-0.25, -0.2) is 9.18 Å². The summed E-state index contributed by atoms with van der Waals surface area (Å²) in [5.74, 6) is -2.61. The van der Waals surface area contributed by atoms with Crippen LogP contribution in [-0.4, -0.2) is 29.8 Å². The largest absolute Gasteiger partial charge is 0.449 e. The lowest BCUT2D eigenvalue weighted by atomic mass is 10.1. The highest BCUT2D eigenvalue weighted by atomic mass is 19.1. The van der Waals surface area contributed by atoms with Crippen LogP contribution in [0.1, 0.15) is 31.1 Å². The fourth-order valence-electron chi connectivity index (χ4n) is 2.36. The van der Waals surface area contributed by atoms with Crippen LogP contribution in [-0.2, 0) is 19.1 Å². The number of hydrogen-bond donors (Lipinski definition) is 3. The van der Waals surface area contributed by atoms with Gasteiger partial charge in [-0.1, -0.05) is 0 Å². The molecule has 0 fully saturated rings. The quantitative estimate of drug-likeness (QED) is 0.644. The van der Waals surface area contributed by atoms with Crippen LogP contribution in [0.5, 0.6) is 0 Å². The second kappa shape index (κ2) is 9.45. The molecule has 2 aromatic carbocycles. The lowest BCUT2D eigenvalue weighted by Crippen LogP contribution is -2.30. The summed E-state index contributed by atoms with van der Waals surface area (Å²) in [5, 5.41) is 7.54. The SMILES string of the molecule is CC(=O)Nc1cc(NC(C)=O)cc(C(=O)OC(C)C(=O)Nc2ccc(F)cc2)c1. The topological polar surface area (TPSA) is 114 Å². The van der Waals surface area contributed by atoms with Crippen molar-refractivity contribution in [3.05, 3.63) is 53.8 Å². The fraction of sp³-hybridized carbons (Fsp3) is 0.200. The van der Waals surface area contributed by atoms with Crippen molar-refractivity contribution in [2.45, 2.75) is 26.9 Å². The van der Waals surface area contributed by atoms with Gasteiger partial charge in [-0.05, 0) is 49.4 Å². The first kappa shape index (κ1) is 21.5. The van der Waals surface area contributed by atoms with Crippen LogP contribution in [0.2, 0.25) is 0 Å². The molecule has 0 saturated carbocycles. The van der Waals surface area contributed by atoms with Crippen LogP contribution in [0.3, 0.4) is 0 Å². The maximum absolute atomic E-state index is 12.9. The molecule has 3 amide bonds. The highest BCUT2D eigenvalue weighted by molar-refractivity contribution is 6.00. The molecule has 0 bridgehead atoms. The van der Waals surface area contributed by atoms with Gasteiger partial charge in [0.1, 0.15) is 5.82 Å². The van der Waals surface area contributed by atoms with E-state index in [1.165, 1.54) is 63.2 Å². The number of esters is 1. The van der Waals surface area contributed by atoms with Gasteiger partial charge in [-0.2, -0.15) is 0 Å². The minimum atomic E-state index is -1.15. The molecule has 8 nitrogen and oxygen atoms in total. The first-order valence-electron chi connectivity index (χ1n) is 8.61. The number of hydrogen-bond acceptors (Lipinski definition) is 5. The summed E-state index contributed by atoms with van der Waals surface area (Å²) in [6.07, 6.45) is -1.15. The van der Waals surface area contributed by atoms with Crippen molar-refractivity contribution in [1.82, 2.24) is 0 Å². The highest BCUT2D eigenvalue weighted by Gasteiger charge is 2.20. The molecule has 0 saturated heterocycles. The van der Waals surface area contributed by atoms with Gasteiger partial charge in [-0.15, -0.1) is 0 Å². The summed E-state index contributed by atoms with van der Waals surface area (Å²) in [4.78, 5) is 47.2. The maximum Gasteiger partial charge on any atom is 0.339 e. The molecule has 2 aromatic rings. The molecule has 0 aliphatic carbocycles. The van der Waals surface area contributed by atoms with E-state index in [2.05, 4.69) is 16.0 Å². The smallest absolute Gasteiger partial charge is 0.339 e. The third-order valence-corrected chi connectivity index (χ3v) is 3.57. The second-order valence-electron chi connectivity index (χ2n) is 6.21. The number of benzene rings is 2. The molecule has 1 atom stereocenters. The van der Waals surface area contributed by atoms with Gasteiger partial charge >= 0.3 is 5.97 Å². The number of anilines is 3. The number of nitrogens with one attached hydrogen (secondary N) is 3. The summed E-state index contributed by atoms with van der Waals surface area (Å²) in [5.41, 5.74) is 0.930. The summed E-state index contributed by atoms with van der Waals surface area (Å²) >= 11 is 0. The van der Waals surface area contributed by atoms with E-state index in [4.69, 9.17) is 4.74 Å². The minimum Gasteiger partial charge on any atom is -0.449 e. The summed E-state index contributed by atoms with van der Waals surface area (Å²) in [6.45, 7) is 3.97. The molecule has 2 rings (SSSR count). The predicted octanol–water partition coefficient (Wildman–Crippen LogP) is 2.93. The zero-order valence-electron chi connectivity index (χ0n) is 16.0. The molecule has 0 aromatic heterocycles. The number of carbonyl (C=O) groups excluding carboxylic acids is 4. The highest BCUT2D eigenvalue weighted by Crippen LogP contribution is 2.21. The molecule has 1 unspecified atom stereocenters. The Labute approximate surface area is 166 Å². The van der Waals surface area contributed by atoms with Gasteiger partial charge in [0.25, 0.3) is 5.91 Å². The molecular formula is C20H20FN3O5. The average molecular weight is 401 g/mol. The zero-order valence-corrected chi connectivity index (χ0v) is 16.0. The lowest BCUT2D eigenvalue weighted by Gasteiger charge is -2.15. The van der Waals surface area contributed by atoms with E-state index in [1.54, 1.807) is 0 Å². The number of rotatable bonds is 6. The monoisotopic (exact) mass is 401 g/mol. The predicted molar refractivity (Wildman–Crippen MR) is 105 cm³/mol. The molecule has 0 aliphatic heterocycles. The van der Waals surface area contributed by atoms with Crippen LogP contribution >= 0.6 is 0 Å². The van der Waals surface area contributed by atoms with E-state index in [0.717, 1.165) is 0 Å². The maximum atomic E-state index is 12.9. The molecule has 9 heteroatoms.